The molecule has 3 rings (SSSR count). The van der Waals surface area contributed by atoms with Crippen LogP contribution in [0.4, 0.5) is 0 Å². The largest absolute Gasteiger partial charge is 0.486 e. The van der Waals surface area contributed by atoms with Crippen molar-refractivity contribution in [3.63, 3.8) is 0 Å². The highest BCUT2D eigenvalue weighted by molar-refractivity contribution is 5.79. The van der Waals surface area contributed by atoms with Crippen LogP contribution in [0.2, 0.25) is 0 Å². The number of rotatable bonds is 8. The summed E-state index contributed by atoms with van der Waals surface area (Å²) < 4.78 is 17.3. The van der Waals surface area contributed by atoms with Crippen molar-refractivity contribution in [2.24, 2.45) is 10.9 Å². The summed E-state index contributed by atoms with van der Waals surface area (Å²) in [5.74, 6) is 3.18. The minimum Gasteiger partial charge on any atom is -0.486 e. The number of aliphatic imine (C=N–C) groups is 1. The van der Waals surface area contributed by atoms with E-state index in [1.807, 2.05) is 24.3 Å². The van der Waals surface area contributed by atoms with E-state index in [2.05, 4.69) is 22.5 Å². The standard InChI is InChI=1S/C18H27N3O3/c1-2-19-18(20-9-10-22-12-14-7-8-14)21-11-15-13-23-16-5-3-4-6-17(16)24-15/h3-6,14-15H,2,7-13H2,1H3,(H2,19,20,21). The van der Waals surface area contributed by atoms with E-state index in [1.165, 1.54) is 12.8 Å². The van der Waals surface area contributed by atoms with Crippen LogP contribution in [-0.2, 0) is 4.74 Å². The first kappa shape index (κ1) is 16.9. The van der Waals surface area contributed by atoms with Gasteiger partial charge in [-0.15, -0.1) is 0 Å². The third kappa shape index (κ3) is 5.30. The molecular formula is C18H27N3O3. The van der Waals surface area contributed by atoms with Gasteiger partial charge < -0.3 is 24.8 Å². The van der Waals surface area contributed by atoms with E-state index in [0.29, 0.717) is 19.8 Å². The number of ether oxygens (including phenoxy) is 3. The highest BCUT2D eigenvalue weighted by Crippen LogP contribution is 2.30. The second-order valence-corrected chi connectivity index (χ2v) is 6.16. The molecule has 132 valence electrons. The normalized spacial score (nSPS) is 19.9. The van der Waals surface area contributed by atoms with Crippen molar-refractivity contribution in [1.29, 1.82) is 0 Å². The average molecular weight is 333 g/mol. The first-order valence-corrected chi connectivity index (χ1v) is 8.83. The molecule has 0 spiro atoms. The maximum atomic E-state index is 5.92. The first-order chi connectivity index (χ1) is 11.8. The summed E-state index contributed by atoms with van der Waals surface area (Å²) in [5, 5.41) is 6.53. The number of para-hydroxylation sites is 2. The van der Waals surface area contributed by atoms with Gasteiger partial charge in [-0.25, -0.2) is 4.99 Å². The Morgan fingerprint density at radius 1 is 1.25 bits per heavy atom. The van der Waals surface area contributed by atoms with Crippen molar-refractivity contribution >= 4 is 5.96 Å². The Morgan fingerprint density at radius 2 is 2.08 bits per heavy atom. The summed E-state index contributed by atoms with van der Waals surface area (Å²) in [5.41, 5.74) is 0. The lowest BCUT2D eigenvalue weighted by Crippen LogP contribution is -2.40. The zero-order valence-electron chi connectivity index (χ0n) is 14.3. The van der Waals surface area contributed by atoms with E-state index in [1.54, 1.807) is 0 Å². The molecule has 1 aromatic rings. The Morgan fingerprint density at radius 3 is 2.88 bits per heavy atom. The van der Waals surface area contributed by atoms with Gasteiger partial charge in [0.05, 0.1) is 13.2 Å². The number of benzene rings is 1. The van der Waals surface area contributed by atoms with Crippen LogP contribution in [-0.4, -0.2) is 51.5 Å². The Balaban J connectivity index is 1.41. The summed E-state index contributed by atoms with van der Waals surface area (Å²) in [4.78, 5) is 4.59. The maximum absolute atomic E-state index is 5.92. The van der Waals surface area contributed by atoms with Gasteiger partial charge >= 0.3 is 0 Å². The lowest BCUT2D eigenvalue weighted by Gasteiger charge is -2.25. The second kappa shape index (κ2) is 8.78. The highest BCUT2D eigenvalue weighted by atomic mass is 16.6. The zero-order valence-corrected chi connectivity index (χ0v) is 14.3. The van der Waals surface area contributed by atoms with E-state index >= 15 is 0 Å². The molecule has 1 fully saturated rings. The monoisotopic (exact) mass is 333 g/mol. The minimum absolute atomic E-state index is 0.0681. The molecule has 1 atom stereocenters. The van der Waals surface area contributed by atoms with Crippen molar-refractivity contribution < 1.29 is 14.2 Å². The van der Waals surface area contributed by atoms with Gasteiger partial charge in [0.1, 0.15) is 6.61 Å². The molecule has 24 heavy (non-hydrogen) atoms. The topological polar surface area (TPSA) is 64.1 Å². The van der Waals surface area contributed by atoms with Gasteiger partial charge in [0.15, 0.2) is 23.6 Å². The minimum atomic E-state index is -0.0681. The number of hydrogen-bond donors (Lipinski definition) is 2. The van der Waals surface area contributed by atoms with Gasteiger partial charge in [-0.05, 0) is 37.8 Å². The third-order valence-electron chi connectivity index (χ3n) is 3.95. The van der Waals surface area contributed by atoms with E-state index in [4.69, 9.17) is 14.2 Å². The van der Waals surface area contributed by atoms with Crippen LogP contribution < -0.4 is 20.1 Å². The summed E-state index contributed by atoms with van der Waals surface area (Å²) in [7, 11) is 0. The number of nitrogens with one attached hydrogen (secondary N) is 2. The summed E-state index contributed by atoms with van der Waals surface area (Å²) in [6, 6.07) is 7.73. The lowest BCUT2D eigenvalue weighted by atomic mass is 10.2. The van der Waals surface area contributed by atoms with Gasteiger partial charge in [-0.2, -0.15) is 0 Å². The smallest absolute Gasteiger partial charge is 0.191 e. The Bertz CT molecular complexity index is 546. The van der Waals surface area contributed by atoms with Crippen LogP contribution in [0, 0.1) is 5.92 Å². The summed E-state index contributed by atoms with van der Waals surface area (Å²) in [6.07, 6.45) is 2.58. The predicted molar refractivity (Wildman–Crippen MR) is 93.9 cm³/mol. The molecule has 1 saturated carbocycles. The highest BCUT2D eigenvalue weighted by Gasteiger charge is 2.21. The van der Waals surface area contributed by atoms with Crippen molar-refractivity contribution in [3.8, 4) is 11.5 Å². The number of fused-ring (bicyclic) bond motifs is 1. The average Bonchev–Trinajstić information content (AvgIpc) is 3.43. The molecule has 1 aromatic carbocycles. The van der Waals surface area contributed by atoms with Crippen LogP contribution in [0.1, 0.15) is 19.8 Å². The number of nitrogens with zero attached hydrogens (tertiary/aromatic N) is 1. The molecule has 0 aromatic heterocycles. The molecule has 2 N–H and O–H groups in total. The molecule has 6 heteroatoms. The van der Waals surface area contributed by atoms with Crippen LogP contribution in [0.25, 0.3) is 0 Å². The van der Waals surface area contributed by atoms with Crippen molar-refractivity contribution in [2.75, 3.05) is 39.5 Å². The molecule has 1 aliphatic carbocycles. The fourth-order valence-corrected chi connectivity index (χ4v) is 2.46. The molecule has 0 radical (unpaired) electrons. The van der Waals surface area contributed by atoms with Crippen molar-refractivity contribution in [1.82, 2.24) is 10.6 Å². The van der Waals surface area contributed by atoms with Gasteiger partial charge in [0.25, 0.3) is 0 Å². The first-order valence-electron chi connectivity index (χ1n) is 8.83. The maximum Gasteiger partial charge on any atom is 0.191 e. The van der Waals surface area contributed by atoms with Crippen molar-refractivity contribution in [3.05, 3.63) is 24.3 Å². The zero-order chi connectivity index (χ0) is 16.6. The molecule has 0 amide bonds. The fraction of sp³-hybridized carbons (Fsp3) is 0.611. The summed E-state index contributed by atoms with van der Waals surface area (Å²) >= 11 is 0. The molecule has 1 heterocycles. The predicted octanol–water partition coefficient (Wildman–Crippen LogP) is 1.81. The molecule has 2 aliphatic rings. The number of hydrogen-bond acceptors (Lipinski definition) is 4. The molecule has 0 saturated heterocycles. The molecule has 1 unspecified atom stereocenters. The van der Waals surface area contributed by atoms with Crippen LogP contribution >= 0.6 is 0 Å². The molecule has 6 nitrogen and oxygen atoms in total. The van der Waals surface area contributed by atoms with Crippen LogP contribution in [0.15, 0.2) is 29.3 Å². The third-order valence-corrected chi connectivity index (χ3v) is 3.95. The van der Waals surface area contributed by atoms with Gasteiger partial charge in [0.2, 0.25) is 0 Å². The molecule has 0 bridgehead atoms. The lowest BCUT2D eigenvalue weighted by molar-refractivity contribution is 0.0971. The van der Waals surface area contributed by atoms with E-state index in [9.17, 15) is 0 Å². The second-order valence-electron chi connectivity index (χ2n) is 6.16. The number of guanidine groups is 1. The SMILES string of the molecule is CCNC(=NCC1COc2ccccc2O1)NCCOCC1CC1. The Hall–Kier alpha value is -1.95. The molecular weight excluding hydrogens is 306 g/mol. The van der Waals surface area contributed by atoms with Gasteiger partial charge in [-0.3, -0.25) is 0 Å². The van der Waals surface area contributed by atoms with Crippen molar-refractivity contribution in [2.45, 2.75) is 25.9 Å². The summed E-state index contributed by atoms with van der Waals surface area (Å²) in [6.45, 7) is 6.29. The van der Waals surface area contributed by atoms with Crippen LogP contribution in [0.5, 0.6) is 11.5 Å². The fourth-order valence-electron chi connectivity index (χ4n) is 2.46. The Kier molecular flexibility index (Phi) is 6.18. The van der Waals surface area contributed by atoms with Crippen LogP contribution in [0.3, 0.4) is 0 Å². The Labute approximate surface area is 143 Å². The van der Waals surface area contributed by atoms with E-state index in [0.717, 1.165) is 43.1 Å². The van der Waals surface area contributed by atoms with Gasteiger partial charge in [0, 0.05) is 19.7 Å². The van der Waals surface area contributed by atoms with E-state index < -0.39 is 0 Å². The quantitative estimate of drug-likeness (QED) is 0.431. The van der Waals surface area contributed by atoms with E-state index in [-0.39, 0.29) is 6.10 Å². The molecule has 1 aliphatic heterocycles. The van der Waals surface area contributed by atoms with Gasteiger partial charge in [-0.1, -0.05) is 12.1 Å².